The fraction of sp³-hybridized carbons (Fsp3) is 0.417. The van der Waals surface area contributed by atoms with Crippen molar-refractivity contribution in [3.63, 3.8) is 0 Å². The number of hydrogen-bond donors (Lipinski definition) is 1. The molecule has 3 rings (SSSR count). The molecule has 3 atom stereocenters. The van der Waals surface area contributed by atoms with Crippen LogP contribution in [0.25, 0.3) is 11.1 Å². The molecule has 1 heterocycles. The lowest BCUT2D eigenvalue weighted by molar-refractivity contribution is -0.268. The van der Waals surface area contributed by atoms with Gasteiger partial charge in [0.25, 0.3) is 0 Å². The largest absolute Gasteiger partial charge is 0.530 e. The van der Waals surface area contributed by atoms with Crippen molar-refractivity contribution >= 4 is 30.1 Å². The monoisotopic (exact) mass is 445 g/mol. The summed E-state index contributed by atoms with van der Waals surface area (Å²) in [6.07, 6.45) is -0.614. The van der Waals surface area contributed by atoms with Crippen molar-refractivity contribution in [1.29, 1.82) is 0 Å². The number of hydrogen-bond acceptors (Lipinski definition) is 4. The van der Waals surface area contributed by atoms with Gasteiger partial charge in [-0.1, -0.05) is 24.3 Å². The van der Waals surface area contributed by atoms with E-state index < -0.39 is 6.09 Å². The molecule has 0 saturated heterocycles. The highest BCUT2D eigenvalue weighted by Gasteiger charge is 2.47. The molecule has 0 aliphatic carbocycles. The average molecular weight is 446 g/mol. The molecule has 2 aromatic rings. The number of carbonyl (C=O) groups is 2. The molecule has 0 spiro atoms. The third-order valence-electron chi connectivity index (χ3n) is 6.61. The van der Waals surface area contributed by atoms with E-state index in [-0.39, 0.29) is 34.9 Å². The van der Waals surface area contributed by atoms with Crippen LogP contribution in [0.3, 0.4) is 0 Å². The Bertz CT molecular complexity index is 948. The first-order valence-electron chi connectivity index (χ1n) is 10.5. The second kappa shape index (κ2) is 9.81. The number of nitrogens with zero attached hydrogens (tertiary/aromatic N) is 2. The van der Waals surface area contributed by atoms with Crippen molar-refractivity contribution in [2.45, 2.75) is 45.8 Å². The molecule has 1 aliphatic rings. The van der Waals surface area contributed by atoms with Crippen molar-refractivity contribution < 1.29 is 14.7 Å². The van der Waals surface area contributed by atoms with E-state index >= 15 is 0 Å². The summed E-state index contributed by atoms with van der Waals surface area (Å²) >= 11 is 0. The van der Waals surface area contributed by atoms with Crippen LogP contribution in [0.5, 0.6) is 0 Å². The number of benzene rings is 2. The van der Waals surface area contributed by atoms with Gasteiger partial charge in [-0.2, -0.15) is 0 Å². The normalized spacial score (nSPS) is 22.2. The number of carboxylic acid groups (broad SMARTS) is 1. The summed E-state index contributed by atoms with van der Waals surface area (Å²) in [5.74, 6) is 0.0443. The van der Waals surface area contributed by atoms with E-state index in [4.69, 9.17) is 0 Å². The molecule has 0 bridgehead atoms. The maximum absolute atomic E-state index is 12.7. The van der Waals surface area contributed by atoms with E-state index in [0.717, 1.165) is 28.9 Å². The number of nitrogens with one attached hydrogen (secondary N) is 1. The maximum Gasteiger partial charge on any atom is 0.315 e. The highest BCUT2D eigenvalue weighted by atomic mass is 35.5. The van der Waals surface area contributed by atoms with Crippen LogP contribution in [0.2, 0.25) is 0 Å². The molecule has 1 N–H and O–H groups in total. The molecule has 168 valence electrons. The number of quaternary nitrogens is 1. The summed E-state index contributed by atoms with van der Waals surface area (Å²) in [4.78, 5) is 25.9. The number of fused-ring (bicyclic) bond motifs is 1. The van der Waals surface area contributed by atoms with E-state index in [1.54, 1.807) is 6.92 Å². The Labute approximate surface area is 190 Å². The minimum absolute atomic E-state index is 0. The second-order valence-electron chi connectivity index (χ2n) is 8.25. The topological polar surface area (TPSA) is 72.5 Å². The van der Waals surface area contributed by atoms with E-state index in [9.17, 15) is 14.7 Å². The van der Waals surface area contributed by atoms with E-state index in [1.807, 2.05) is 46.1 Å². The first kappa shape index (κ1) is 24.9. The smallest absolute Gasteiger partial charge is 0.315 e. The molecule has 0 fully saturated rings. The molecule has 1 unspecified atom stereocenters. The van der Waals surface area contributed by atoms with Crippen molar-refractivity contribution in [2.24, 2.45) is 0 Å². The van der Waals surface area contributed by atoms with Crippen LogP contribution < -0.4 is 14.9 Å². The fourth-order valence-electron chi connectivity index (χ4n) is 4.59. The van der Waals surface area contributed by atoms with Gasteiger partial charge < -0.3 is 20.1 Å². The summed E-state index contributed by atoms with van der Waals surface area (Å²) in [7, 11) is 3.84. The van der Waals surface area contributed by atoms with Crippen LogP contribution in [0.15, 0.2) is 42.5 Å². The highest BCUT2D eigenvalue weighted by molar-refractivity contribution is 5.89. The lowest BCUT2D eigenvalue weighted by atomic mass is 9.86. The molecule has 2 amide bonds. The number of rotatable bonds is 5. The molecule has 0 aromatic heterocycles. The molecule has 0 saturated carbocycles. The third-order valence-corrected chi connectivity index (χ3v) is 6.61. The fourth-order valence-corrected chi connectivity index (χ4v) is 4.59. The summed E-state index contributed by atoms with van der Waals surface area (Å²) in [5, 5.41) is 15.0. The standard InChI is InChI=1S/C24H31N3O3.ClH/c1-6-26(24(29)30)22-13-16(2)27(5,17(3)28)23-12-11-20(14-21(22)23)19-9-7-18(8-10-19)15-25-4;/h7-12,14,16,22,25H,6,13,15H2,1-5H3;1H/t16-,22?,27+;/m0./s1. The Kier molecular flexibility index (Phi) is 7.87. The molecule has 1 aliphatic heterocycles. The van der Waals surface area contributed by atoms with Gasteiger partial charge in [0.05, 0.1) is 26.1 Å². The highest BCUT2D eigenvalue weighted by Crippen LogP contribution is 2.45. The Morgan fingerprint density at radius 2 is 1.77 bits per heavy atom. The molecule has 2 aromatic carbocycles. The molecule has 31 heavy (non-hydrogen) atoms. The van der Waals surface area contributed by atoms with Crippen LogP contribution >= 0.6 is 12.4 Å². The second-order valence-corrected chi connectivity index (χ2v) is 8.25. The first-order chi connectivity index (χ1) is 14.2. The molecular formula is C24H32ClN3O3. The van der Waals surface area contributed by atoms with Crippen molar-refractivity contribution in [1.82, 2.24) is 14.7 Å². The van der Waals surface area contributed by atoms with Crippen molar-refractivity contribution in [3.05, 3.63) is 53.6 Å². The molecule has 0 radical (unpaired) electrons. The third kappa shape index (κ3) is 4.47. The van der Waals surface area contributed by atoms with Gasteiger partial charge in [-0.05, 0) is 49.7 Å². The van der Waals surface area contributed by atoms with Gasteiger partial charge in [0, 0.05) is 31.1 Å². The van der Waals surface area contributed by atoms with Crippen LogP contribution in [0.4, 0.5) is 10.5 Å². The summed E-state index contributed by atoms with van der Waals surface area (Å²) < 4.78 is 0.165. The quantitative estimate of drug-likeness (QED) is 0.715. The van der Waals surface area contributed by atoms with Gasteiger partial charge in [-0.15, -0.1) is 12.4 Å². The van der Waals surface area contributed by atoms with E-state index in [0.29, 0.717) is 13.0 Å². The Morgan fingerprint density at radius 3 is 2.29 bits per heavy atom. The zero-order valence-electron chi connectivity index (χ0n) is 18.8. The van der Waals surface area contributed by atoms with Gasteiger partial charge in [0.15, 0.2) is 0 Å². The predicted molar refractivity (Wildman–Crippen MR) is 125 cm³/mol. The van der Waals surface area contributed by atoms with Crippen molar-refractivity contribution in [3.8, 4) is 11.1 Å². The van der Waals surface area contributed by atoms with E-state index in [1.165, 1.54) is 10.5 Å². The summed E-state index contributed by atoms with van der Waals surface area (Å²) in [6.45, 7) is 6.57. The van der Waals surface area contributed by atoms with Crippen LogP contribution in [0.1, 0.15) is 44.4 Å². The molecular weight excluding hydrogens is 414 g/mol. The number of halogens is 1. The Morgan fingerprint density at radius 1 is 1.16 bits per heavy atom. The summed E-state index contributed by atoms with van der Waals surface area (Å²) in [5.41, 5.74) is 5.01. The zero-order valence-corrected chi connectivity index (χ0v) is 19.7. The Hall–Kier alpha value is -2.41. The Balaban J connectivity index is 0.00000341. The minimum atomic E-state index is -1.18. The maximum atomic E-state index is 12.7. The number of carbonyl (C=O) groups excluding carboxylic acids is 2. The summed E-state index contributed by atoms with van der Waals surface area (Å²) in [6, 6.07) is 14.0. The first-order valence-corrected chi connectivity index (χ1v) is 10.5. The van der Waals surface area contributed by atoms with Gasteiger partial charge in [0.2, 0.25) is 0 Å². The van der Waals surface area contributed by atoms with Crippen LogP contribution in [-0.4, -0.2) is 43.6 Å². The zero-order chi connectivity index (χ0) is 22.1. The van der Waals surface area contributed by atoms with E-state index in [2.05, 4.69) is 29.6 Å². The lowest BCUT2D eigenvalue weighted by Crippen LogP contribution is -2.60. The van der Waals surface area contributed by atoms with Crippen LogP contribution in [-0.2, 0) is 11.3 Å². The van der Waals surface area contributed by atoms with Gasteiger partial charge in [0.1, 0.15) is 11.8 Å². The predicted octanol–water partition coefficient (Wildman–Crippen LogP) is 3.48. The molecule has 6 nitrogen and oxygen atoms in total. The number of amides is 2. The van der Waals surface area contributed by atoms with Gasteiger partial charge in [-0.3, -0.25) is 0 Å². The minimum Gasteiger partial charge on any atom is -0.530 e. The average Bonchev–Trinajstić information content (AvgIpc) is 2.72. The van der Waals surface area contributed by atoms with Gasteiger partial charge in [-0.25, -0.2) is 9.28 Å². The van der Waals surface area contributed by atoms with Gasteiger partial charge >= 0.3 is 5.91 Å². The SMILES string of the molecule is CCN(C(=O)[O-])C1C[C@H](C)[N@+](C)(C(C)=O)c2ccc(-c3ccc(CNC)cc3)cc21.Cl. The lowest BCUT2D eigenvalue weighted by Gasteiger charge is -2.47. The van der Waals surface area contributed by atoms with Crippen LogP contribution in [0, 0.1) is 0 Å². The molecule has 7 heteroatoms. The van der Waals surface area contributed by atoms with Crippen molar-refractivity contribution in [2.75, 3.05) is 20.6 Å².